The van der Waals surface area contributed by atoms with Crippen LogP contribution in [0.5, 0.6) is 0 Å². The van der Waals surface area contributed by atoms with Crippen LogP contribution in [0.25, 0.3) is 0 Å². The molecule has 5 nitrogen and oxygen atoms in total. The second-order valence-corrected chi connectivity index (χ2v) is 7.06. The number of carbonyl (C=O) groups is 1. The summed E-state index contributed by atoms with van der Waals surface area (Å²) in [5.41, 5.74) is 7.52. The number of nitrogens with zero attached hydrogens (tertiary/aromatic N) is 1. The number of amides is 1. The minimum atomic E-state index is -0.458. The van der Waals surface area contributed by atoms with Crippen molar-refractivity contribution >= 4 is 17.3 Å². The number of aryl methyl sites for hydroxylation is 1. The fourth-order valence-electron chi connectivity index (χ4n) is 3.85. The van der Waals surface area contributed by atoms with Gasteiger partial charge in [0.2, 0.25) is 5.91 Å². The van der Waals surface area contributed by atoms with Crippen molar-refractivity contribution < 1.29 is 9.18 Å². The number of fused-ring (bicyclic) bond motifs is 1. The summed E-state index contributed by atoms with van der Waals surface area (Å²) >= 11 is 0. The number of hydrazine groups is 1. The van der Waals surface area contributed by atoms with E-state index in [-0.39, 0.29) is 11.7 Å². The Morgan fingerprint density at radius 2 is 2.15 bits per heavy atom. The van der Waals surface area contributed by atoms with Crippen LogP contribution in [-0.4, -0.2) is 30.6 Å². The number of benzene rings is 2. The SMILES string of the molecule is Cc1ccc(F)c2c1NC(C(=O)Nc1cccc(C3CCNN3C)c1)C2. The van der Waals surface area contributed by atoms with Gasteiger partial charge < -0.3 is 10.6 Å². The highest BCUT2D eigenvalue weighted by Gasteiger charge is 2.30. The summed E-state index contributed by atoms with van der Waals surface area (Å²) in [7, 11) is 2.03. The maximum atomic E-state index is 14.0. The second kappa shape index (κ2) is 6.70. The Morgan fingerprint density at radius 1 is 1.31 bits per heavy atom. The lowest BCUT2D eigenvalue weighted by molar-refractivity contribution is -0.116. The molecule has 2 aliphatic heterocycles. The summed E-state index contributed by atoms with van der Waals surface area (Å²) in [4.78, 5) is 12.7. The van der Waals surface area contributed by atoms with E-state index in [9.17, 15) is 9.18 Å². The zero-order valence-electron chi connectivity index (χ0n) is 15.0. The monoisotopic (exact) mass is 354 g/mol. The summed E-state index contributed by atoms with van der Waals surface area (Å²) in [5, 5.41) is 8.24. The topological polar surface area (TPSA) is 56.4 Å². The molecule has 6 heteroatoms. The van der Waals surface area contributed by atoms with Gasteiger partial charge in [-0.25, -0.2) is 9.40 Å². The van der Waals surface area contributed by atoms with Crippen molar-refractivity contribution in [1.82, 2.24) is 10.4 Å². The Bertz CT molecular complexity index is 823. The molecule has 1 fully saturated rings. The smallest absolute Gasteiger partial charge is 0.247 e. The maximum Gasteiger partial charge on any atom is 0.247 e. The fourth-order valence-corrected chi connectivity index (χ4v) is 3.85. The minimum Gasteiger partial charge on any atom is -0.373 e. The van der Waals surface area contributed by atoms with Crippen LogP contribution in [0.15, 0.2) is 36.4 Å². The van der Waals surface area contributed by atoms with E-state index in [0.717, 1.165) is 29.9 Å². The van der Waals surface area contributed by atoms with Gasteiger partial charge in [0.05, 0.1) is 6.04 Å². The van der Waals surface area contributed by atoms with E-state index < -0.39 is 6.04 Å². The molecule has 3 N–H and O–H groups in total. The van der Waals surface area contributed by atoms with Gasteiger partial charge in [-0.2, -0.15) is 0 Å². The van der Waals surface area contributed by atoms with Crippen molar-refractivity contribution in [2.75, 3.05) is 24.2 Å². The Labute approximate surface area is 152 Å². The van der Waals surface area contributed by atoms with Crippen molar-refractivity contribution in [3.05, 3.63) is 58.9 Å². The molecule has 0 spiro atoms. The Hall–Kier alpha value is -2.44. The molecule has 0 aromatic heterocycles. The first kappa shape index (κ1) is 17.0. The first-order chi connectivity index (χ1) is 12.5. The van der Waals surface area contributed by atoms with Crippen LogP contribution in [0.2, 0.25) is 0 Å². The van der Waals surface area contributed by atoms with Gasteiger partial charge in [0.25, 0.3) is 0 Å². The quantitative estimate of drug-likeness (QED) is 0.793. The lowest BCUT2D eigenvalue weighted by atomic mass is 10.0. The number of nitrogens with one attached hydrogen (secondary N) is 3. The van der Waals surface area contributed by atoms with Gasteiger partial charge >= 0.3 is 0 Å². The number of carbonyl (C=O) groups excluding carboxylic acids is 1. The molecule has 26 heavy (non-hydrogen) atoms. The zero-order chi connectivity index (χ0) is 18.3. The van der Waals surface area contributed by atoms with Crippen molar-refractivity contribution in [3.63, 3.8) is 0 Å². The second-order valence-electron chi connectivity index (χ2n) is 7.06. The summed E-state index contributed by atoms with van der Waals surface area (Å²) < 4.78 is 14.0. The molecule has 2 aromatic carbocycles. The molecule has 1 saturated heterocycles. The van der Waals surface area contributed by atoms with Gasteiger partial charge in [0, 0.05) is 37.0 Å². The average Bonchev–Trinajstić information content (AvgIpc) is 3.26. The standard InChI is InChI=1S/C20H23FN4O/c1-12-6-7-16(21)15-11-17(24-19(12)15)20(26)23-14-5-3-4-13(10-14)18-8-9-22-25(18)2/h3-7,10,17-18,22,24H,8-9,11H2,1-2H3,(H,23,26). The molecule has 0 aliphatic carbocycles. The van der Waals surface area contributed by atoms with Gasteiger partial charge in [-0.05, 0) is 42.7 Å². The number of halogens is 1. The van der Waals surface area contributed by atoms with Crippen LogP contribution in [0.4, 0.5) is 15.8 Å². The predicted molar refractivity (Wildman–Crippen MR) is 100 cm³/mol. The summed E-state index contributed by atoms with van der Waals surface area (Å²) in [6.45, 7) is 2.87. The number of rotatable bonds is 3. The molecule has 136 valence electrons. The molecule has 0 saturated carbocycles. The minimum absolute atomic E-state index is 0.143. The van der Waals surface area contributed by atoms with Gasteiger partial charge in [0.1, 0.15) is 11.9 Å². The summed E-state index contributed by atoms with van der Waals surface area (Å²) in [6.07, 6.45) is 1.40. The normalized spacial score (nSPS) is 22.1. The maximum absolute atomic E-state index is 14.0. The van der Waals surface area contributed by atoms with E-state index in [1.807, 2.05) is 32.2 Å². The van der Waals surface area contributed by atoms with Gasteiger partial charge in [-0.1, -0.05) is 18.2 Å². The molecule has 2 aliphatic rings. The highest BCUT2D eigenvalue weighted by Crippen LogP contribution is 2.32. The highest BCUT2D eigenvalue weighted by atomic mass is 19.1. The highest BCUT2D eigenvalue weighted by molar-refractivity contribution is 5.98. The molecule has 0 bridgehead atoms. The van der Waals surface area contributed by atoms with Crippen LogP contribution in [0, 0.1) is 12.7 Å². The van der Waals surface area contributed by atoms with Gasteiger partial charge in [-0.3, -0.25) is 10.2 Å². The number of hydrogen-bond donors (Lipinski definition) is 3. The molecule has 2 heterocycles. The largest absolute Gasteiger partial charge is 0.373 e. The van der Waals surface area contributed by atoms with Gasteiger partial charge in [-0.15, -0.1) is 0 Å². The van der Waals surface area contributed by atoms with Crippen LogP contribution in [0.1, 0.15) is 29.2 Å². The van der Waals surface area contributed by atoms with E-state index in [2.05, 4.69) is 27.1 Å². The van der Waals surface area contributed by atoms with E-state index in [0.29, 0.717) is 18.0 Å². The predicted octanol–water partition coefficient (Wildman–Crippen LogP) is 2.99. The molecule has 1 amide bonds. The van der Waals surface area contributed by atoms with Crippen LogP contribution in [0.3, 0.4) is 0 Å². The first-order valence-corrected chi connectivity index (χ1v) is 8.94. The Morgan fingerprint density at radius 3 is 2.88 bits per heavy atom. The molecule has 2 unspecified atom stereocenters. The van der Waals surface area contributed by atoms with Crippen molar-refractivity contribution in [1.29, 1.82) is 0 Å². The van der Waals surface area contributed by atoms with E-state index in [1.54, 1.807) is 6.07 Å². The van der Waals surface area contributed by atoms with Crippen molar-refractivity contribution in [3.8, 4) is 0 Å². The molecule has 2 aromatic rings. The van der Waals surface area contributed by atoms with E-state index in [1.165, 1.54) is 11.6 Å². The molecule has 0 radical (unpaired) electrons. The van der Waals surface area contributed by atoms with Crippen LogP contribution >= 0.6 is 0 Å². The number of anilines is 2. The average molecular weight is 354 g/mol. The third-order valence-corrected chi connectivity index (χ3v) is 5.29. The molecular weight excluding hydrogens is 331 g/mol. The summed E-state index contributed by atoms with van der Waals surface area (Å²) in [5.74, 6) is -0.401. The van der Waals surface area contributed by atoms with Gasteiger partial charge in [0.15, 0.2) is 0 Å². The van der Waals surface area contributed by atoms with E-state index >= 15 is 0 Å². The molecular formula is C20H23FN4O. The Balaban J connectivity index is 1.48. The zero-order valence-corrected chi connectivity index (χ0v) is 15.0. The lowest BCUT2D eigenvalue weighted by Gasteiger charge is -2.20. The lowest BCUT2D eigenvalue weighted by Crippen LogP contribution is -2.33. The van der Waals surface area contributed by atoms with Crippen molar-refractivity contribution in [2.24, 2.45) is 0 Å². The Kier molecular flexibility index (Phi) is 4.38. The molecule has 2 atom stereocenters. The first-order valence-electron chi connectivity index (χ1n) is 8.94. The summed E-state index contributed by atoms with van der Waals surface area (Å²) in [6, 6.07) is 11.0. The third-order valence-electron chi connectivity index (χ3n) is 5.29. The van der Waals surface area contributed by atoms with Crippen LogP contribution < -0.4 is 16.1 Å². The number of hydrogen-bond acceptors (Lipinski definition) is 4. The van der Waals surface area contributed by atoms with E-state index in [4.69, 9.17) is 0 Å². The van der Waals surface area contributed by atoms with Crippen LogP contribution in [-0.2, 0) is 11.2 Å². The van der Waals surface area contributed by atoms with Crippen molar-refractivity contribution in [2.45, 2.75) is 31.8 Å². The fraction of sp³-hybridized carbons (Fsp3) is 0.350. The third kappa shape index (κ3) is 3.06. The molecule has 4 rings (SSSR count).